The number of hydrogen-bond donors (Lipinski definition) is 3. The van der Waals surface area contributed by atoms with Gasteiger partial charge in [0.1, 0.15) is 17.2 Å². The number of rotatable bonds is 3. The van der Waals surface area contributed by atoms with Crippen LogP contribution in [-0.2, 0) is 0 Å². The third kappa shape index (κ3) is 2.05. The highest BCUT2D eigenvalue weighted by Gasteiger charge is 2.12. The molecule has 0 unspecified atom stereocenters. The molecule has 0 atom stereocenters. The van der Waals surface area contributed by atoms with Gasteiger partial charge in [-0.15, -0.1) is 0 Å². The largest absolute Gasteiger partial charge is 0.507 e. The molecule has 0 saturated heterocycles. The summed E-state index contributed by atoms with van der Waals surface area (Å²) in [6, 6.07) is 5.99. The van der Waals surface area contributed by atoms with Crippen LogP contribution in [0.5, 0.6) is 11.5 Å². The maximum absolute atomic E-state index is 10.7. The molecule has 0 aliphatic rings. The molecule has 1 aromatic heterocycles. The van der Waals surface area contributed by atoms with Crippen LogP contribution >= 0.6 is 0 Å². The smallest absolute Gasteiger partial charge is 0.353 e. The van der Waals surface area contributed by atoms with E-state index in [1.807, 2.05) is 0 Å². The number of benzene rings is 1. The molecule has 0 fully saturated rings. The Labute approximate surface area is 96.5 Å². The fourth-order valence-electron chi connectivity index (χ4n) is 1.42. The number of carboxylic acids is 1. The number of ether oxygens (including phenoxy) is 1. The standard InChI is InChI=1S/C11H10N2O4/c1-17-6-2-3-10(14)7(4-6)8-5-9(11(15)16)13-12-8/h2-5,14H,1H3,(H,12,13)(H,15,16). The van der Waals surface area contributed by atoms with Gasteiger partial charge >= 0.3 is 5.97 Å². The molecule has 0 aliphatic heterocycles. The first-order valence-electron chi connectivity index (χ1n) is 4.78. The van der Waals surface area contributed by atoms with Crippen molar-refractivity contribution < 1.29 is 19.7 Å². The molecule has 6 nitrogen and oxygen atoms in total. The molecule has 0 aliphatic carbocycles. The molecule has 0 bridgehead atoms. The van der Waals surface area contributed by atoms with Crippen LogP contribution in [0.2, 0.25) is 0 Å². The van der Waals surface area contributed by atoms with Crippen molar-refractivity contribution in [3.8, 4) is 22.8 Å². The van der Waals surface area contributed by atoms with Crippen LogP contribution in [0.1, 0.15) is 10.5 Å². The van der Waals surface area contributed by atoms with E-state index in [1.165, 1.54) is 19.2 Å². The molecular formula is C11H10N2O4. The predicted octanol–water partition coefficient (Wildman–Crippen LogP) is 1.49. The van der Waals surface area contributed by atoms with E-state index in [-0.39, 0.29) is 11.4 Å². The van der Waals surface area contributed by atoms with E-state index < -0.39 is 5.97 Å². The van der Waals surface area contributed by atoms with Gasteiger partial charge in [-0.05, 0) is 24.3 Å². The molecule has 0 radical (unpaired) electrons. The number of aromatic hydroxyl groups is 1. The van der Waals surface area contributed by atoms with Gasteiger partial charge in [-0.2, -0.15) is 5.10 Å². The number of aromatic nitrogens is 2. The number of nitrogens with zero attached hydrogens (tertiary/aromatic N) is 1. The highest BCUT2D eigenvalue weighted by molar-refractivity contribution is 5.87. The average Bonchev–Trinajstić information content (AvgIpc) is 2.79. The summed E-state index contributed by atoms with van der Waals surface area (Å²) in [6.45, 7) is 0. The number of aromatic carboxylic acids is 1. The quantitative estimate of drug-likeness (QED) is 0.747. The first-order chi connectivity index (χ1) is 8.11. The topological polar surface area (TPSA) is 95.4 Å². The average molecular weight is 234 g/mol. The molecule has 2 aromatic rings. The van der Waals surface area contributed by atoms with Crippen molar-refractivity contribution in [2.75, 3.05) is 7.11 Å². The zero-order chi connectivity index (χ0) is 12.4. The molecule has 1 aromatic carbocycles. The highest BCUT2D eigenvalue weighted by Crippen LogP contribution is 2.31. The van der Waals surface area contributed by atoms with Crippen LogP contribution < -0.4 is 4.74 Å². The first kappa shape index (κ1) is 11.0. The van der Waals surface area contributed by atoms with Crippen LogP contribution in [-0.4, -0.2) is 33.5 Å². The lowest BCUT2D eigenvalue weighted by Crippen LogP contribution is -1.95. The van der Waals surface area contributed by atoms with Gasteiger partial charge < -0.3 is 14.9 Å². The summed E-state index contributed by atoms with van der Waals surface area (Å²) in [5, 5.41) is 24.6. The number of carbonyl (C=O) groups is 1. The number of hydrogen-bond acceptors (Lipinski definition) is 4. The molecule has 88 valence electrons. The normalized spacial score (nSPS) is 10.2. The van der Waals surface area contributed by atoms with Crippen LogP contribution in [0, 0.1) is 0 Å². The number of H-pyrrole nitrogens is 1. The molecule has 2 rings (SSSR count). The van der Waals surface area contributed by atoms with Gasteiger partial charge in [0.15, 0.2) is 0 Å². The Morgan fingerprint density at radius 2 is 2.18 bits per heavy atom. The summed E-state index contributed by atoms with van der Waals surface area (Å²) in [5.41, 5.74) is 0.717. The lowest BCUT2D eigenvalue weighted by Gasteiger charge is -2.04. The Bertz CT molecular complexity index is 562. The number of aromatic amines is 1. The summed E-state index contributed by atoms with van der Waals surface area (Å²) in [4.78, 5) is 10.7. The van der Waals surface area contributed by atoms with Crippen molar-refractivity contribution in [1.82, 2.24) is 10.2 Å². The third-order valence-corrected chi connectivity index (χ3v) is 2.29. The Hall–Kier alpha value is -2.50. The second kappa shape index (κ2) is 4.17. The number of methoxy groups -OCH3 is 1. The van der Waals surface area contributed by atoms with E-state index in [0.717, 1.165) is 0 Å². The lowest BCUT2D eigenvalue weighted by atomic mass is 10.1. The highest BCUT2D eigenvalue weighted by atomic mass is 16.5. The second-order valence-electron chi connectivity index (χ2n) is 3.36. The summed E-state index contributed by atoms with van der Waals surface area (Å²) in [7, 11) is 1.50. The molecule has 0 saturated carbocycles. The lowest BCUT2D eigenvalue weighted by molar-refractivity contribution is 0.0690. The third-order valence-electron chi connectivity index (χ3n) is 2.29. The maximum atomic E-state index is 10.7. The van der Waals surface area contributed by atoms with Gasteiger partial charge in [0, 0.05) is 5.56 Å². The molecule has 6 heteroatoms. The fraction of sp³-hybridized carbons (Fsp3) is 0.0909. The van der Waals surface area contributed by atoms with Crippen LogP contribution in [0.25, 0.3) is 11.3 Å². The Morgan fingerprint density at radius 1 is 1.41 bits per heavy atom. The number of phenolic OH excluding ortho intramolecular Hbond substituents is 1. The zero-order valence-electron chi connectivity index (χ0n) is 8.97. The summed E-state index contributed by atoms with van der Waals surface area (Å²) < 4.78 is 5.02. The van der Waals surface area contributed by atoms with Crippen molar-refractivity contribution in [2.45, 2.75) is 0 Å². The minimum Gasteiger partial charge on any atom is -0.507 e. The van der Waals surface area contributed by atoms with Crippen molar-refractivity contribution in [3.05, 3.63) is 30.0 Å². The minimum atomic E-state index is -1.11. The van der Waals surface area contributed by atoms with E-state index in [1.54, 1.807) is 12.1 Å². The van der Waals surface area contributed by atoms with E-state index in [2.05, 4.69) is 10.2 Å². The SMILES string of the molecule is COc1ccc(O)c(-c2cc(C(=O)O)[nH]n2)c1. The van der Waals surface area contributed by atoms with Crippen LogP contribution in [0.3, 0.4) is 0 Å². The monoisotopic (exact) mass is 234 g/mol. The predicted molar refractivity (Wildman–Crippen MR) is 59.2 cm³/mol. The molecule has 3 N–H and O–H groups in total. The number of carboxylic acid groups (broad SMARTS) is 1. The van der Waals surface area contributed by atoms with E-state index in [9.17, 15) is 9.90 Å². The van der Waals surface area contributed by atoms with E-state index in [4.69, 9.17) is 9.84 Å². The van der Waals surface area contributed by atoms with Crippen molar-refractivity contribution in [2.24, 2.45) is 0 Å². The van der Waals surface area contributed by atoms with Gasteiger partial charge in [-0.1, -0.05) is 0 Å². The van der Waals surface area contributed by atoms with E-state index >= 15 is 0 Å². The molecule has 0 amide bonds. The second-order valence-corrected chi connectivity index (χ2v) is 3.36. The van der Waals surface area contributed by atoms with Gasteiger partial charge in [-0.25, -0.2) is 4.79 Å². The van der Waals surface area contributed by atoms with Crippen molar-refractivity contribution in [3.63, 3.8) is 0 Å². The van der Waals surface area contributed by atoms with Gasteiger partial charge in [-0.3, -0.25) is 5.10 Å². The Morgan fingerprint density at radius 3 is 2.76 bits per heavy atom. The minimum absolute atomic E-state index is 0.00855. The Balaban J connectivity index is 2.47. The van der Waals surface area contributed by atoms with Gasteiger partial charge in [0.2, 0.25) is 0 Å². The van der Waals surface area contributed by atoms with E-state index in [0.29, 0.717) is 17.0 Å². The molecule has 17 heavy (non-hydrogen) atoms. The molecule has 0 spiro atoms. The summed E-state index contributed by atoms with van der Waals surface area (Å²) >= 11 is 0. The zero-order valence-corrected chi connectivity index (χ0v) is 8.97. The maximum Gasteiger partial charge on any atom is 0.353 e. The molecular weight excluding hydrogens is 224 g/mol. The van der Waals surface area contributed by atoms with Crippen molar-refractivity contribution in [1.29, 1.82) is 0 Å². The summed E-state index contributed by atoms with van der Waals surface area (Å²) in [6.07, 6.45) is 0. The fourth-order valence-corrected chi connectivity index (χ4v) is 1.42. The number of phenols is 1. The Kier molecular flexibility index (Phi) is 2.70. The van der Waals surface area contributed by atoms with Crippen LogP contribution in [0.15, 0.2) is 24.3 Å². The first-order valence-corrected chi connectivity index (χ1v) is 4.78. The van der Waals surface area contributed by atoms with Gasteiger partial charge in [0.05, 0.1) is 12.8 Å². The number of nitrogens with one attached hydrogen (secondary N) is 1. The van der Waals surface area contributed by atoms with Gasteiger partial charge in [0.25, 0.3) is 0 Å². The molecule has 1 heterocycles. The van der Waals surface area contributed by atoms with Crippen molar-refractivity contribution >= 4 is 5.97 Å². The summed E-state index contributed by atoms with van der Waals surface area (Å²) in [5.74, 6) is -0.543. The van der Waals surface area contributed by atoms with Crippen LogP contribution in [0.4, 0.5) is 0 Å².